The highest BCUT2D eigenvalue weighted by atomic mass is 16.3. The Bertz CT molecular complexity index is 280. The molecule has 1 unspecified atom stereocenters. The lowest BCUT2D eigenvalue weighted by atomic mass is 10.2. The molecule has 84 valence electrons. The highest BCUT2D eigenvalue weighted by molar-refractivity contribution is 5.04. The normalized spacial score (nSPS) is 18.3. The highest BCUT2D eigenvalue weighted by Gasteiger charge is 2.21. The summed E-state index contributed by atoms with van der Waals surface area (Å²) in [6.07, 6.45) is 6.27. The summed E-state index contributed by atoms with van der Waals surface area (Å²) in [7, 11) is 2.16. The smallest absolute Gasteiger partial charge is 0.0947 e. The van der Waals surface area contributed by atoms with Crippen LogP contribution >= 0.6 is 0 Å². The zero-order valence-corrected chi connectivity index (χ0v) is 9.57. The van der Waals surface area contributed by atoms with E-state index in [9.17, 15) is 0 Å². The second-order valence-electron chi connectivity index (χ2n) is 4.58. The van der Waals surface area contributed by atoms with Crippen LogP contribution in [0.4, 0.5) is 0 Å². The lowest BCUT2D eigenvalue weighted by Crippen LogP contribution is -2.38. The second-order valence-corrected chi connectivity index (χ2v) is 4.58. The van der Waals surface area contributed by atoms with Crippen LogP contribution in [-0.4, -0.2) is 30.6 Å². The predicted octanol–water partition coefficient (Wildman–Crippen LogP) is 1.85. The summed E-state index contributed by atoms with van der Waals surface area (Å²) in [6, 6.07) is 3.40. The molecule has 0 amide bonds. The van der Waals surface area contributed by atoms with E-state index in [0.29, 0.717) is 6.04 Å². The number of nitrogens with zero attached hydrogens (tertiary/aromatic N) is 1. The monoisotopic (exact) mass is 208 g/mol. The maximum atomic E-state index is 5.06. The first-order valence-corrected chi connectivity index (χ1v) is 5.70. The molecule has 0 bridgehead atoms. The van der Waals surface area contributed by atoms with Crippen LogP contribution in [0.15, 0.2) is 23.0 Å². The molecular formula is C12H20N2O. The first kappa shape index (κ1) is 10.7. The molecule has 3 nitrogen and oxygen atoms in total. The van der Waals surface area contributed by atoms with E-state index in [2.05, 4.69) is 24.2 Å². The Labute approximate surface area is 91.4 Å². The van der Waals surface area contributed by atoms with Crippen molar-refractivity contribution in [3.63, 3.8) is 0 Å². The third kappa shape index (κ3) is 3.36. The minimum atomic E-state index is 0.570. The van der Waals surface area contributed by atoms with Crippen molar-refractivity contribution >= 4 is 0 Å². The Kier molecular flexibility index (Phi) is 3.44. The van der Waals surface area contributed by atoms with E-state index in [1.165, 1.54) is 18.4 Å². The molecule has 1 aromatic heterocycles. The molecule has 0 aromatic carbocycles. The molecule has 1 saturated carbocycles. The van der Waals surface area contributed by atoms with E-state index in [-0.39, 0.29) is 0 Å². The molecule has 1 N–H and O–H groups in total. The summed E-state index contributed by atoms with van der Waals surface area (Å²) in [5.74, 6) is 0. The van der Waals surface area contributed by atoms with Crippen LogP contribution in [0.25, 0.3) is 0 Å². The summed E-state index contributed by atoms with van der Waals surface area (Å²) >= 11 is 0. The Balaban J connectivity index is 1.71. The van der Waals surface area contributed by atoms with Crippen LogP contribution in [-0.2, 0) is 6.54 Å². The maximum Gasteiger partial charge on any atom is 0.0947 e. The molecule has 0 aliphatic heterocycles. The molecule has 1 aromatic rings. The first-order chi connectivity index (χ1) is 7.25. The van der Waals surface area contributed by atoms with Gasteiger partial charge in [0, 0.05) is 30.7 Å². The minimum absolute atomic E-state index is 0.570. The third-order valence-corrected chi connectivity index (χ3v) is 3.04. The molecular weight excluding hydrogens is 188 g/mol. The molecule has 0 saturated heterocycles. The predicted molar refractivity (Wildman–Crippen MR) is 60.7 cm³/mol. The fourth-order valence-electron chi connectivity index (χ4n) is 1.61. The van der Waals surface area contributed by atoms with Crippen LogP contribution < -0.4 is 5.32 Å². The van der Waals surface area contributed by atoms with Gasteiger partial charge in [-0.3, -0.25) is 4.90 Å². The van der Waals surface area contributed by atoms with Crippen LogP contribution in [0.2, 0.25) is 0 Å². The molecule has 3 heteroatoms. The van der Waals surface area contributed by atoms with Gasteiger partial charge in [-0.15, -0.1) is 0 Å². The average molecular weight is 208 g/mol. The number of hydrogen-bond acceptors (Lipinski definition) is 3. The van der Waals surface area contributed by atoms with Crippen LogP contribution in [0.1, 0.15) is 25.3 Å². The largest absolute Gasteiger partial charge is 0.472 e. The number of furan rings is 1. The van der Waals surface area contributed by atoms with E-state index < -0.39 is 0 Å². The average Bonchev–Trinajstić information content (AvgIpc) is 2.92. The quantitative estimate of drug-likeness (QED) is 0.773. The lowest BCUT2D eigenvalue weighted by Gasteiger charge is -2.24. The number of likely N-dealkylation sites (N-methyl/N-ethyl adjacent to an activating group) is 1. The summed E-state index contributed by atoms with van der Waals surface area (Å²) in [5.41, 5.74) is 1.25. The zero-order valence-electron chi connectivity index (χ0n) is 9.57. The SMILES string of the molecule is CC(CNC1CC1)N(C)Cc1ccoc1. The van der Waals surface area contributed by atoms with Crippen molar-refractivity contribution in [1.82, 2.24) is 10.2 Å². The summed E-state index contributed by atoms with van der Waals surface area (Å²) in [4.78, 5) is 2.35. The van der Waals surface area contributed by atoms with Crippen LogP contribution in [0, 0.1) is 0 Å². The zero-order chi connectivity index (χ0) is 10.7. The van der Waals surface area contributed by atoms with Crippen molar-refractivity contribution < 1.29 is 4.42 Å². The van der Waals surface area contributed by atoms with Crippen molar-refractivity contribution in [2.75, 3.05) is 13.6 Å². The van der Waals surface area contributed by atoms with Crippen molar-refractivity contribution in [2.24, 2.45) is 0 Å². The standard InChI is InChI=1S/C12H20N2O/c1-10(7-13-12-3-4-12)14(2)8-11-5-6-15-9-11/h5-6,9-10,12-13H,3-4,7-8H2,1-2H3. The molecule has 1 fully saturated rings. The highest BCUT2D eigenvalue weighted by Crippen LogP contribution is 2.18. The topological polar surface area (TPSA) is 28.4 Å². The second kappa shape index (κ2) is 4.81. The minimum Gasteiger partial charge on any atom is -0.472 e. The summed E-state index contributed by atoms with van der Waals surface area (Å²) < 4.78 is 5.06. The van der Waals surface area contributed by atoms with Gasteiger partial charge in [0.25, 0.3) is 0 Å². The Hall–Kier alpha value is -0.800. The molecule has 0 spiro atoms. The van der Waals surface area contributed by atoms with E-state index >= 15 is 0 Å². The fourth-order valence-corrected chi connectivity index (χ4v) is 1.61. The summed E-state index contributed by atoms with van der Waals surface area (Å²) in [6.45, 7) is 4.30. The molecule has 1 aliphatic rings. The number of hydrogen-bond donors (Lipinski definition) is 1. The van der Waals surface area contributed by atoms with Gasteiger partial charge < -0.3 is 9.73 Å². The van der Waals surface area contributed by atoms with Crippen molar-refractivity contribution in [3.05, 3.63) is 24.2 Å². The van der Waals surface area contributed by atoms with Crippen LogP contribution in [0.5, 0.6) is 0 Å². The van der Waals surface area contributed by atoms with Gasteiger partial charge in [-0.25, -0.2) is 0 Å². The molecule has 2 rings (SSSR count). The number of nitrogens with one attached hydrogen (secondary N) is 1. The van der Waals surface area contributed by atoms with Crippen molar-refractivity contribution in [1.29, 1.82) is 0 Å². The van der Waals surface area contributed by atoms with Gasteiger partial charge in [-0.1, -0.05) is 0 Å². The summed E-state index contributed by atoms with van der Waals surface area (Å²) in [5, 5.41) is 3.55. The van der Waals surface area contributed by atoms with Crippen molar-refractivity contribution in [3.8, 4) is 0 Å². The molecule has 1 aliphatic carbocycles. The third-order valence-electron chi connectivity index (χ3n) is 3.04. The molecule has 1 heterocycles. The van der Waals surface area contributed by atoms with E-state index in [1.54, 1.807) is 6.26 Å². The Morgan fingerprint density at radius 2 is 2.40 bits per heavy atom. The number of rotatable bonds is 6. The van der Waals surface area contributed by atoms with Gasteiger partial charge in [-0.2, -0.15) is 0 Å². The van der Waals surface area contributed by atoms with E-state index in [4.69, 9.17) is 4.42 Å². The van der Waals surface area contributed by atoms with Gasteiger partial charge >= 0.3 is 0 Å². The lowest BCUT2D eigenvalue weighted by molar-refractivity contribution is 0.242. The van der Waals surface area contributed by atoms with Gasteiger partial charge in [0.05, 0.1) is 12.5 Å². The Morgan fingerprint density at radius 1 is 1.60 bits per heavy atom. The van der Waals surface area contributed by atoms with Gasteiger partial charge in [0.15, 0.2) is 0 Å². The van der Waals surface area contributed by atoms with E-state index in [1.807, 2.05) is 12.3 Å². The van der Waals surface area contributed by atoms with Gasteiger partial charge in [-0.05, 0) is 32.9 Å². The van der Waals surface area contributed by atoms with Crippen LogP contribution in [0.3, 0.4) is 0 Å². The Morgan fingerprint density at radius 3 is 3.00 bits per heavy atom. The molecule has 1 atom stereocenters. The maximum absolute atomic E-state index is 5.06. The molecule has 15 heavy (non-hydrogen) atoms. The van der Waals surface area contributed by atoms with Crippen molar-refractivity contribution in [2.45, 2.75) is 38.4 Å². The van der Waals surface area contributed by atoms with Gasteiger partial charge in [0.1, 0.15) is 0 Å². The van der Waals surface area contributed by atoms with E-state index in [0.717, 1.165) is 19.1 Å². The fraction of sp³-hybridized carbons (Fsp3) is 0.667. The van der Waals surface area contributed by atoms with Gasteiger partial charge in [0.2, 0.25) is 0 Å². The first-order valence-electron chi connectivity index (χ1n) is 5.70. The molecule has 0 radical (unpaired) electrons.